The van der Waals surface area contributed by atoms with Gasteiger partial charge in [-0.3, -0.25) is 9.59 Å². The maximum Gasteiger partial charge on any atom is 0.270 e. The minimum atomic E-state index is -0.411. The Morgan fingerprint density at radius 1 is 1.10 bits per heavy atom. The number of carbonyl (C=O) groups excluding carboxylic acids is 2. The fourth-order valence-electron chi connectivity index (χ4n) is 4.86. The van der Waals surface area contributed by atoms with Crippen LogP contribution < -0.4 is 10.6 Å². The molecule has 2 aliphatic carbocycles. The monoisotopic (exact) mass is 395 g/mol. The van der Waals surface area contributed by atoms with Gasteiger partial charge in [0, 0.05) is 22.8 Å². The Hall–Kier alpha value is -2.76. The quantitative estimate of drug-likeness (QED) is 0.828. The van der Waals surface area contributed by atoms with Gasteiger partial charge in [0.05, 0.1) is 0 Å². The van der Waals surface area contributed by atoms with Crippen molar-refractivity contribution in [2.75, 3.05) is 0 Å². The Morgan fingerprint density at radius 3 is 2.72 bits per heavy atom. The molecule has 2 bridgehead atoms. The molecule has 0 radical (unpaired) electrons. The number of nitrogens with zero attached hydrogens (tertiary/aromatic N) is 1. The number of halogens is 1. The third kappa shape index (κ3) is 4.31. The average Bonchev–Trinajstić information content (AvgIpc) is 3.02. The van der Waals surface area contributed by atoms with E-state index < -0.39 is 5.82 Å². The molecule has 6 heteroatoms. The molecular formula is C23H26FN3O2. The van der Waals surface area contributed by atoms with Crippen LogP contribution in [-0.2, 0) is 0 Å². The molecule has 0 saturated heterocycles. The summed E-state index contributed by atoms with van der Waals surface area (Å²) in [5, 5.41) is 6.37. The van der Waals surface area contributed by atoms with Crippen LogP contribution in [0.5, 0.6) is 0 Å². The van der Waals surface area contributed by atoms with Crippen LogP contribution in [0.3, 0.4) is 0 Å². The van der Waals surface area contributed by atoms with Crippen molar-refractivity contribution in [2.24, 2.45) is 5.92 Å². The molecule has 1 aromatic carbocycles. The SMILES string of the molecule is Cc1cccc(C(=O)NC23CCCC(NC(=O)c4cccc(F)c4)C(CC2)C3)n1. The first kappa shape index (κ1) is 19.6. The van der Waals surface area contributed by atoms with Crippen molar-refractivity contribution in [3.8, 4) is 0 Å². The van der Waals surface area contributed by atoms with Crippen molar-refractivity contribution in [1.82, 2.24) is 15.6 Å². The van der Waals surface area contributed by atoms with E-state index in [0.29, 0.717) is 17.2 Å². The van der Waals surface area contributed by atoms with Gasteiger partial charge in [0.25, 0.3) is 11.8 Å². The molecule has 2 aromatic rings. The summed E-state index contributed by atoms with van der Waals surface area (Å²) < 4.78 is 13.4. The molecule has 0 spiro atoms. The van der Waals surface area contributed by atoms with Crippen molar-refractivity contribution in [2.45, 2.75) is 57.0 Å². The Bertz CT molecular complexity index is 932. The third-order valence-electron chi connectivity index (χ3n) is 6.29. The predicted octanol–water partition coefficient (Wildman–Crippen LogP) is 3.78. The normalized spacial score (nSPS) is 25.9. The van der Waals surface area contributed by atoms with E-state index >= 15 is 0 Å². The van der Waals surface area contributed by atoms with Crippen LogP contribution in [0.25, 0.3) is 0 Å². The Kier molecular flexibility index (Phi) is 5.35. The first-order valence-corrected chi connectivity index (χ1v) is 10.3. The lowest BCUT2D eigenvalue weighted by molar-refractivity contribution is 0.0883. The molecule has 4 rings (SSSR count). The highest BCUT2D eigenvalue weighted by atomic mass is 19.1. The van der Waals surface area contributed by atoms with Crippen LogP contribution in [0.1, 0.15) is 65.1 Å². The summed E-state index contributed by atoms with van der Waals surface area (Å²) in [7, 11) is 0. The zero-order valence-electron chi connectivity index (χ0n) is 16.6. The van der Waals surface area contributed by atoms with Crippen LogP contribution in [0, 0.1) is 18.7 Å². The Labute approximate surface area is 170 Å². The molecule has 2 saturated carbocycles. The highest BCUT2D eigenvalue weighted by molar-refractivity contribution is 5.94. The van der Waals surface area contributed by atoms with Crippen molar-refractivity contribution in [3.05, 3.63) is 65.2 Å². The maximum atomic E-state index is 13.4. The van der Waals surface area contributed by atoms with Crippen molar-refractivity contribution in [3.63, 3.8) is 0 Å². The molecule has 29 heavy (non-hydrogen) atoms. The van der Waals surface area contributed by atoms with Crippen LogP contribution in [0.4, 0.5) is 4.39 Å². The van der Waals surface area contributed by atoms with Crippen LogP contribution in [0.15, 0.2) is 42.5 Å². The zero-order valence-corrected chi connectivity index (χ0v) is 16.6. The Balaban J connectivity index is 1.43. The van der Waals surface area contributed by atoms with E-state index in [0.717, 1.165) is 44.2 Å². The number of rotatable bonds is 4. The molecule has 1 heterocycles. The number of fused-ring (bicyclic) bond motifs is 2. The fraction of sp³-hybridized carbons (Fsp3) is 0.435. The number of carbonyl (C=O) groups is 2. The summed E-state index contributed by atoms with van der Waals surface area (Å²) >= 11 is 0. The van der Waals surface area contributed by atoms with Crippen molar-refractivity contribution in [1.29, 1.82) is 0 Å². The number of amides is 2. The molecule has 2 fully saturated rings. The second-order valence-electron chi connectivity index (χ2n) is 8.38. The maximum absolute atomic E-state index is 13.4. The van der Waals surface area contributed by atoms with Crippen LogP contribution in [0.2, 0.25) is 0 Å². The lowest BCUT2D eigenvalue weighted by atomic mass is 9.91. The van der Waals surface area contributed by atoms with Gasteiger partial charge in [0.15, 0.2) is 0 Å². The topological polar surface area (TPSA) is 71.1 Å². The van der Waals surface area contributed by atoms with Gasteiger partial charge in [0.2, 0.25) is 0 Å². The second kappa shape index (κ2) is 7.93. The van der Waals surface area contributed by atoms with E-state index in [4.69, 9.17) is 0 Å². The lowest BCUT2D eigenvalue weighted by Crippen LogP contribution is -2.46. The van der Waals surface area contributed by atoms with E-state index in [-0.39, 0.29) is 23.4 Å². The number of nitrogens with one attached hydrogen (secondary N) is 2. The standard InChI is InChI=1S/C23H26FN3O2/c1-15-5-2-8-20(25-15)22(29)27-23-11-4-9-19(17(14-23)10-12-23)26-21(28)16-6-3-7-18(24)13-16/h2-3,5-8,13,17,19H,4,9-12,14H2,1H3,(H,26,28)(H,27,29). The van der Waals surface area contributed by atoms with Crippen molar-refractivity contribution < 1.29 is 14.0 Å². The highest BCUT2D eigenvalue weighted by Crippen LogP contribution is 2.44. The second-order valence-corrected chi connectivity index (χ2v) is 8.38. The lowest BCUT2D eigenvalue weighted by Gasteiger charge is -2.29. The van der Waals surface area contributed by atoms with E-state index in [2.05, 4.69) is 15.6 Å². The zero-order chi connectivity index (χ0) is 20.4. The number of pyridine rings is 1. The summed E-state index contributed by atoms with van der Waals surface area (Å²) in [6.07, 6.45) is 5.39. The smallest absolute Gasteiger partial charge is 0.270 e. The van der Waals surface area contributed by atoms with Gasteiger partial charge in [-0.1, -0.05) is 12.1 Å². The largest absolute Gasteiger partial charge is 0.349 e. The van der Waals surface area contributed by atoms with Gasteiger partial charge in [-0.25, -0.2) is 9.37 Å². The summed E-state index contributed by atoms with van der Waals surface area (Å²) in [6.45, 7) is 1.87. The van der Waals surface area contributed by atoms with Gasteiger partial charge >= 0.3 is 0 Å². The van der Waals surface area contributed by atoms with E-state index in [1.54, 1.807) is 18.2 Å². The summed E-state index contributed by atoms with van der Waals surface area (Å²) in [5.74, 6) is -0.467. The summed E-state index contributed by atoms with van der Waals surface area (Å²) in [4.78, 5) is 29.7. The first-order chi connectivity index (χ1) is 13.9. The highest BCUT2D eigenvalue weighted by Gasteiger charge is 2.45. The number of benzene rings is 1. The molecular weight excluding hydrogens is 369 g/mol. The molecule has 2 aliphatic rings. The van der Waals surface area contributed by atoms with E-state index in [9.17, 15) is 14.0 Å². The number of hydrogen-bond donors (Lipinski definition) is 2. The third-order valence-corrected chi connectivity index (χ3v) is 6.29. The van der Waals surface area contributed by atoms with E-state index in [1.165, 1.54) is 12.1 Å². The van der Waals surface area contributed by atoms with Crippen molar-refractivity contribution >= 4 is 11.8 Å². The summed E-state index contributed by atoms with van der Waals surface area (Å²) in [6, 6.07) is 11.3. The predicted molar refractivity (Wildman–Crippen MR) is 108 cm³/mol. The van der Waals surface area contributed by atoms with Gasteiger partial charge in [-0.05, 0) is 81.7 Å². The first-order valence-electron chi connectivity index (χ1n) is 10.3. The van der Waals surface area contributed by atoms with Crippen LogP contribution in [-0.4, -0.2) is 28.4 Å². The molecule has 2 N–H and O–H groups in total. The number of aryl methyl sites for hydroxylation is 1. The van der Waals surface area contributed by atoms with Gasteiger partial charge in [-0.2, -0.15) is 0 Å². The van der Waals surface area contributed by atoms with Gasteiger partial charge in [-0.15, -0.1) is 0 Å². The fourth-order valence-corrected chi connectivity index (χ4v) is 4.86. The minimum Gasteiger partial charge on any atom is -0.349 e. The van der Waals surface area contributed by atoms with Gasteiger partial charge < -0.3 is 10.6 Å². The van der Waals surface area contributed by atoms with Crippen LogP contribution >= 0.6 is 0 Å². The van der Waals surface area contributed by atoms with Gasteiger partial charge in [0.1, 0.15) is 11.5 Å². The molecule has 152 valence electrons. The average molecular weight is 395 g/mol. The molecule has 2 amide bonds. The molecule has 5 nitrogen and oxygen atoms in total. The van der Waals surface area contributed by atoms with E-state index in [1.807, 2.05) is 19.1 Å². The molecule has 0 aliphatic heterocycles. The minimum absolute atomic E-state index is 0.0455. The Morgan fingerprint density at radius 2 is 1.93 bits per heavy atom. The molecule has 3 unspecified atom stereocenters. The molecule has 1 aromatic heterocycles. The number of hydrogen-bond acceptors (Lipinski definition) is 3. The number of aromatic nitrogens is 1. The molecule has 3 atom stereocenters. The summed E-state index contributed by atoms with van der Waals surface area (Å²) in [5.41, 5.74) is 1.38.